The third-order valence-corrected chi connectivity index (χ3v) is 4.54. The second-order valence-corrected chi connectivity index (χ2v) is 6.49. The number of hydrogen-bond acceptors (Lipinski definition) is 5. The number of anilines is 2. The summed E-state index contributed by atoms with van der Waals surface area (Å²) in [7, 11) is 1.28. The molecule has 0 aliphatic heterocycles. The molecule has 0 aliphatic rings. The third kappa shape index (κ3) is 4.59. The summed E-state index contributed by atoms with van der Waals surface area (Å²) in [5.74, 6) is -1.09. The van der Waals surface area contributed by atoms with Crippen LogP contribution >= 0.6 is 11.3 Å². The van der Waals surface area contributed by atoms with Crippen LogP contribution in [0.25, 0.3) is 0 Å². The minimum absolute atomic E-state index is 0.209. The Balaban J connectivity index is 1.71. The Bertz CT molecular complexity index is 983. The predicted octanol–water partition coefficient (Wildman–Crippen LogP) is 4.04. The maximum absolute atomic E-state index is 12.4. The van der Waals surface area contributed by atoms with Gasteiger partial charge in [-0.15, -0.1) is 11.3 Å². The number of amides is 2. The summed E-state index contributed by atoms with van der Waals surface area (Å²) in [6.07, 6.45) is 0. The topological polar surface area (TPSA) is 84.5 Å². The van der Waals surface area contributed by atoms with Gasteiger partial charge >= 0.3 is 5.97 Å². The molecule has 0 radical (unpaired) electrons. The molecule has 1 aromatic heterocycles. The molecule has 0 saturated carbocycles. The van der Waals surface area contributed by atoms with Crippen LogP contribution in [0.15, 0.2) is 66.0 Å². The van der Waals surface area contributed by atoms with Crippen LogP contribution in [0.4, 0.5) is 11.4 Å². The Kier molecular flexibility index (Phi) is 5.63. The summed E-state index contributed by atoms with van der Waals surface area (Å²) in [5.41, 5.74) is 1.70. The lowest BCUT2D eigenvalue weighted by molar-refractivity contribution is 0.0600. The fourth-order valence-electron chi connectivity index (χ4n) is 2.38. The summed E-state index contributed by atoms with van der Waals surface area (Å²) in [6, 6.07) is 16.6. The largest absolute Gasteiger partial charge is 0.465 e. The van der Waals surface area contributed by atoms with E-state index in [-0.39, 0.29) is 11.8 Å². The molecule has 0 atom stereocenters. The first-order valence-electron chi connectivity index (χ1n) is 8.01. The molecule has 2 aromatic carbocycles. The molecule has 27 heavy (non-hydrogen) atoms. The number of benzene rings is 2. The molecule has 0 aliphatic carbocycles. The number of carbonyl (C=O) groups excluding carboxylic acids is 3. The SMILES string of the molecule is COC(=O)c1cccc(C(=O)Nc2cccc(NC(=O)c3cccs3)c2)c1. The first-order chi connectivity index (χ1) is 13.1. The van der Waals surface area contributed by atoms with E-state index in [0.29, 0.717) is 27.4 Å². The Labute approximate surface area is 159 Å². The van der Waals surface area contributed by atoms with Crippen molar-refractivity contribution in [3.8, 4) is 0 Å². The van der Waals surface area contributed by atoms with Crippen LogP contribution in [-0.2, 0) is 4.74 Å². The molecule has 0 bridgehead atoms. The first kappa shape index (κ1) is 18.3. The molecule has 1 heterocycles. The molecular formula is C20H16N2O4S. The van der Waals surface area contributed by atoms with Crippen LogP contribution in [0.3, 0.4) is 0 Å². The van der Waals surface area contributed by atoms with Crippen LogP contribution in [-0.4, -0.2) is 24.9 Å². The number of methoxy groups -OCH3 is 1. The van der Waals surface area contributed by atoms with Gasteiger partial charge in [-0.3, -0.25) is 9.59 Å². The van der Waals surface area contributed by atoms with Gasteiger partial charge in [0.05, 0.1) is 17.6 Å². The molecular weight excluding hydrogens is 364 g/mol. The van der Waals surface area contributed by atoms with E-state index in [0.717, 1.165) is 0 Å². The van der Waals surface area contributed by atoms with Gasteiger partial charge in [0, 0.05) is 16.9 Å². The maximum Gasteiger partial charge on any atom is 0.337 e. The quantitative estimate of drug-likeness (QED) is 0.654. The van der Waals surface area contributed by atoms with Crippen molar-refractivity contribution in [2.45, 2.75) is 0 Å². The Hall–Kier alpha value is -3.45. The number of nitrogens with one attached hydrogen (secondary N) is 2. The highest BCUT2D eigenvalue weighted by Gasteiger charge is 2.12. The van der Waals surface area contributed by atoms with Crippen molar-refractivity contribution < 1.29 is 19.1 Å². The van der Waals surface area contributed by atoms with Crippen molar-refractivity contribution in [3.05, 3.63) is 82.0 Å². The zero-order valence-corrected chi connectivity index (χ0v) is 15.2. The van der Waals surface area contributed by atoms with E-state index >= 15 is 0 Å². The van der Waals surface area contributed by atoms with Crippen molar-refractivity contribution >= 4 is 40.5 Å². The van der Waals surface area contributed by atoms with Gasteiger partial charge in [0.1, 0.15) is 0 Å². The van der Waals surface area contributed by atoms with Gasteiger partial charge in [0.15, 0.2) is 0 Å². The normalized spacial score (nSPS) is 10.1. The first-order valence-corrected chi connectivity index (χ1v) is 8.89. The van der Waals surface area contributed by atoms with Gasteiger partial charge in [-0.2, -0.15) is 0 Å². The highest BCUT2D eigenvalue weighted by molar-refractivity contribution is 7.12. The number of thiophene rings is 1. The summed E-state index contributed by atoms with van der Waals surface area (Å²) in [5, 5.41) is 7.37. The molecule has 0 fully saturated rings. The van der Waals surface area contributed by atoms with Crippen LogP contribution in [0.5, 0.6) is 0 Å². The highest BCUT2D eigenvalue weighted by atomic mass is 32.1. The van der Waals surface area contributed by atoms with Gasteiger partial charge in [-0.25, -0.2) is 4.79 Å². The summed E-state index contributed by atoms with van der Waals surface area (Å²) < 4.78 is 4.66. The zero-order valence-electron chi connectivity index (χ0n) is 14.4. The van der Waals surface area contributed by atoms with E-state index in [4.69, 9.17) is 0 Å². The number of hydrogen-bond donors (Lipinski definition) is 2. The molecule has 136 valence electrons. The van der Waals surface area contributed by atoms with E-state index in [1.54, 1.807) is 54.6 Å². The standard InChI is InChI=1S/C20H16N2O4S/c1-26-20(25)14-6-2-5-13(11-14)18(23)21-15-7-3-8-16(12-15)22-19(24)17-9-4-10-27-17/h2-12H,1H3,(H,21,23)(H,22,24). The van der Waals surface area contributed by atoms with E-state index < -0.39 is 5.97 Å². The van der Waals surface area contributed by atoms with Gasteiger partial charge < -0.3 is 15.4 Å². The smallest absolute Gasteiger partial charge is 0.337 e. The van der Waals surface area contributed by atoms with Crippen LogP contribution < -0.4 is 10.6 Å². The maximum atomic E-state index is 12.4. The molecule has 0 saturated heterocycles. The van der Waals surface area contributed by atoms with E-state index in [1.807, 2.05) is 5.38 Å². The number of ether oxygens (including phenoxy) is 1. The second-order valence-electron chi connectivity index (χ2n) is 5.54. The summed E-state index contributed by atoms with van der Waals surface area (Å²) >= 11 is 1.35. The van der Waals surface area contributed by atoms with Crippen molar-refractivity contribution in [2.24, 2.45) is 0 Å². The number of esters is 1. The average Bonchev–Trinajstić information content (AvgIpc) is 3.23. The minimum atomic E-state index is -0.511. The van der Waals surface area contributed by atoms with Crippen LogP contribution in [0.1, 0.15) is 30.4 Å². The lowest BCUT2D eigenvalue weighted by atomic mass is 10.1. The molecule has 2 N–H and O–H groups in total. The third-order valence-electron chi connectivity index (χ3n) is 3.67. The van der Waals surface area contributed by atoms with Gasteiger partial charge in [-0.05, 0) is 47.8 Å². The predicted molar refractivity (Wildman–Crippen MR) is 104 cm³/mol. The minimum Gasteiger partial charge on any atom is -0.465 e. The molecule has 3 rings (SSSR count). The Morgan fingerprint density at radius 1 is 0.815 bits per heavy atom. The van der Waals surface area contributed by atoms with Crippen molar-refractivity contribution in [1.82, 2.24) is 0 Å². The van der Waals surface area contributed by atoms with Crippen molar-refractivity contribution in [1.29, 1.82) is 0 Å². The van der Waals surface area contributed by atoms with Gasteiger partial charge in [0.25, 0.3) is 11.8 Å². The lowest BCUT2D eigenvalue weighted by Gasteiger charge is -2.09. The van der Waals surface area contributed by atoms with Crippen molar-refractivity contribution in [2.75, 3.05) is 17.7 Å². The van der Waals surface area contributed by atoms with E-state index in [9.17, 15) is 14.4 Å². The van der Waals surface area contributed by atoms with E-state index in [2.05, 4.69) is 15.4 Å². The zero-order chi connectivity index (χ0) is 19.2. The average molecular weight is 380 g/mol. The molecule has 6 nitrogen and oxygen atoms in total. The highest BCUT2D eigenvalue weighted by Crippen LogP contribution is 2.18. The van der Waals surface area contributed by atoms with Crippen molar-refractivity contribution in [3.63, 3.8) is 0 Å². The Morgan fingerprint density at radius 2 is 1.48 bits per heavy atom. The summed E-state index contributed by atoms with van der Waals surface area (Å²) in [4.78, 5) is 36.8. The van der Waals surface area contributed by atoms with Gasteiger partial charge in [-0.1, -0.05) is 18.2 Å². The molecule has 2 amide bonds. The van der Waals surface area contributed by atoms with Crippen LogP contribution in [0.2, 0.25) is 0 Å². The fraction of sp³-hybridized carbons (Fsp3) is 0.0500. The molecule has 0 unspecified atom stereocenters. The molecule has 0 spiro atoms. The van der Waals surface area contributed by atoms with Crippen LogP contribution in [0, 0.1) is 0 Å². The lowest BCUT2D eigenvalue weighted by Crippen LogP contribution is -2.14. The van der Waals surface area contributed by atoms with Gasteiger partial charge in [0.2, 0.25) is 0 Å². The molecule has 7 heteroatoms. The Morgan fingerprint density at radius 3 is 2.15 bits per heavy atom. The fourth-order valence-corrected chi connectivity index (χ4v) is 3.00. The summed E-state index contributed by atoms with van der Waals surface area (Å²) in [6.45, 7) is 0. The van der Waals surface area contributed by atoms with E-state index in [1.165, 1.54) is 24.5 Å². The number of carbonyl (C=O) groups is 3. The molecule has 3 aromatic rings. The number of rotatable bonds is 5. The second kappa shape index (κ2) is 8.29. The monoisotopic (exact) mass is 380 g/mol.